The van der Waals surface area contributed by atoms with Crippen LogP contribution in [0.5, 0.6) is 0 Å². The monoisotopic (exact) mass is 441 g/mol. The molecule has 2 aromatic carbocycles. The molecule has 1 aliphatic carbocycles. The number of amides is 1. The summed E-state index contributed by atoms with van der Waals surface area (Å²) in [6, 6.07) is 17.5. The number of aryl methyl sites for hydroxylation is 1. The van der Waals surface area contributed by atoms with E-state index in [1.165, 1.54) is 5.56 Å². The molecule has 7 heteroatoms. The lowest BCUT2D eigenvalue weighted by Gasteiger charge is -2.34. The van der Waals surface area contributed by atoms with Crippen LogP contribution in [0.15, 0.2) is 59.5 Å². The molecule has 31 heavy (non-hydrogen) atoms. The van der Waals surface area contributed by atoms with Gasteiger partial charge in [0.05, 0.1) is 4.90 Å². The van der Waals surface area contributed by atoms with Crippen molar-refractivity contribution < 1.29 is 13.2 Å². The van der Waals surface area contributed by atoms with E-state index in [1.54, 1.807) is 12.1 Å². The highest BCUT2D eigenvalue weighted by molar-refractivity contribution is 7.89. The summed E-state index contributed by atoms with van der Waals surface area (Å²) < 4.78 is 27.2. The van der Waals surface area contributed by atoms with E-state index >= 15 is 0 Å². The van der Waals surface area contributed by atoms with Crippen LogP contribution in [0.4, 0.5) is 0 Å². The van der Waals surface area contributed by atoms with Crippen molar-refractivity contribution in [3.8, 4) is 0 Å². The number of benzene rings is 2. The van der Waals surface area contributed by atoms with Gasteiger partial charge in [-0.2, -0.15) is 0 Å². The Labute approximate surface area is 185 Å². The highest BCUT2D eigenvalue weighted by Gasteiger charge is 2.28. The minimum Gasteiger partial charge on any atom is -0.340 e. The topological polar surface area (TPSA) is 69.7 Å². The number of nitrogens with one attached hydrogen (secondary N) is 1. The molecular weight excluding hydrogens is 410 g/mol. The van der Waals surface area contributed by atoms with E-state index in [9.17, 15) is 13.2 Å². The normalized spacial score (nSPS) is 17.6. The predicted molar refractivity (Wildman–Crippen MR) is 121 cm³/mol. The van der Waals surface area contributed by atoms with Crippen LogP contribution in [0.2, 0.25) is 0 Å². The SMILES string of the molecule is O=C(CCc1ccc(S(=O)(=O)NC2CC2)cc1)N1CCN(CCc2ccccc2)CC1. The van der Waals surface area contributed by atoms with Gasteiger partial charge in [0.25, 0.3) is 0 Å². The zero-order chi connectivity index (χ0) is 21.7. The molecule has 1 saturated heterocycles. The minimum atomic E-state index is -3.42. The molecule has 2 aliphatic rings. The molecule has 0 spiro atoms. The fraction of sp³-hybridized carbons (Fsp3) is 0.458. The number of rotatable bonds is 9. The average Bonchev–Trinajstić information content (AvgIpc) is 3.61. The van der Waals surface area contributed by atoms with Crippen LogP contribution in [0.1, 0.15) is 30.4 Å². The molecule has 0 aromatic heterocycles. The van der Waals surface area contributed by atoms with Crippen LogP contribution in [-0.4, -0.2) is 62.9 Å². The first-order chi connectivity index (χ1) is 15.0. The van der Waals surface area contributed by atoms with Gasteiger partial charge in [-0.3, -0.25) is 9.69 Å². The summed E-state index contributed by atoms with van der Waals surface area (Å²) in [6.45, 7) is 4.41. The van der Waals surface area contributed by atoms with Crippen molar-refractivity contribution in [1.82, 2.24) is 14.5 Å². The highest BCUT2D eigenvalue weighted by Crippen LogP contribution is 2.22. The van der Waals surface area contributed by atoms with Crippen molar-refractivity contribution >= 4 is 15.9 Å². The summed E-state index contributed by atoms with van der Waals surface area (Å²) in [5.74, 6) is 0.176. The first kappa shape index (κ1) is 22.0. The van der Waals surface area contributed by atoms with Crippen LogP contribution in [0.25, 0.3) is 0 Å². The number of sulfonamides is 1. The van der Waals surface area contributed by atoms with Gasteiger partial charge in [0.1, 0.15) is 0 Å². The number of hydrogen-bond acceptors (Lipinski definition) is 4. The summed E-state index contributed by atoms with van der Waals surface area (Å²) in [5.41, 5.74) is 2.34. The van der Waals surface area contributed by atoms with E-state index in [-0.39, 0.29) is 11.9 Å². The van der Waals surface area contributed by atoms with Crippen molar-refractivity contribution in [2.75, 3.05) is 32.7 Å². The quantitative estimate of drug-likeness (QED) is 0.649. The van der Waals surface area contributed by atoms with E-state index < -0.39 is 10.0 Å². The van der Waals surface area contributed by atoms with Gasteiger partial charge in [0.2, 0.25) is 15.9 Å². The van der Waals surface area contributed by atoms with Crippen LogP contribution in [0.3, 0.4) is 0 Å². The number of carbonyl (C=O) groups is 1. The van der Waals surface area contributed by atoms with E-state index in [0.29, 0.717) is 17.7 Å². The van der Waals surface area contributed by atoms with Gasteiger partial charge in [-0.1, -0.05) is 42.5 Å². The van der Waals surface area contributed by atoms with Gasteiger partial charge >= 0.3 is 0 Å². The predicted octanol–water partition coefficient (Wildman–Crippen LogP) is 2.45. The number of carbonyl (C=O) groups excluding carboxylic acids is 1. The lowest BCUT2D eigenvalue weighted by Crippen LogP contribution is -2.49. The largest absolute Gasteiger partial charge is 0.340 e. The standard InChI is InChI=1S/C24H31N3O3S/c28-24(27-18-16-26(17-19-27)15-14-20-4-2-1-3-5-20)13-8-21-6-11-23(12-7-21)31(29,30)25-22-9-10-22/h1-7,11-12,22,25H,8-10,13-19H2. The molecular formula is C24H31N3O3S. The molecule has 0 bridgehead atoms. The zero-order valence-corrected chi connectivity index (χ0v) is 18.7. The van der Waals surface area contributed by atoms with E-state index in [1.807, 2.05) is 23.1 Å². The Balaban J connectivity index is 1.19. The van der Waals surface area contributed by atoms with Crippen LogP contribution in [-0.2, 0) is 27.7 Å². The Bertz CT molecular complexity index is 965. The maximum absolute atomic E-state index is 12.6. The lowest BCUT2D eigenvalue weighted by atomic mass is 10.1. The van der Waals surface area contributed by atoms with Gasteiger partial charge in [0.15, 0.2) is 0 Å². The summed E-state index contributed by atoms with van der Waals surface area (Å²) in [7, 11) is -3.42. The van der Waals surface area contributed by atoms with Gasteiger partial charge in [-0.25, -0.2) is 13.1 Å². The summed E-state index contributed by atoms with van der Waals surface area (Å²) in [6.07, 6.45) is 3.96. The number of piperazine rings is 1. The molecule has 1 saturated carbocycles. The van der Waals surface area contributed by atoms with Crippen molar-refractivity contribution in [2.24, 2.45) is 0 Å². The Hall–Kier alpha value is -2.22. The number of hydrogen-bond donors (Lipinski definition) is 1. The fourth-order valence-electron chi connectivity index (χ4n) is 3.89. The van der Waals surface area contributed by atoms with E-state index in [2.05, 4.69) is 33.9 Å². The molecule has 1 aliphatic heterocycles. The summed E-state index contributed by atoms with van der Waals surface area (Å²) >= 11 is 0. The number of nitrogens with zero attached hydrogens (tertiary/aromatic N) is 2. The Morgan fingerprint density at radius 2 is 1.52 bits per heavy atom. The molecule has 1 amide bonds. The average molecular weight is 442 g/mol. The van der Waals surface area contributed by atoms with E-state index in [0.717, 1.165) is 57.5 Å². The van der Waals surface area contributed by atoms with Gasteiger partial charge in [-0.15, -0.1) is 0 Å². The van der Waals surface area contributed by atoms with Crippen LogP contribution in [0, 0.1) is 0 Å². The molecule has 0 unspecified atom stereocenters. The fourth-order valence-corrected chi connectivity index (χ4v) is 5.19. The molecule has 4 rings (SSSR count). The molecule has 6 nitrogen and oxygen atoms in total. The van der Waals surface area contributed by atoms with Gasteiger partial charge < -0.3 is 4.90 Å². The summed E-state index contributed by atoms with van der Waals surface area (Å²) in [4.78, 5) is 17.3. The molecule has 1 heterocycles. The third-order valence-corrected chi connectivity index (χ3v) is 7.58. The van der Waals surface area contributed by atoms with Crippen molar-refractivity contribution in [3.63, 3.8) is 0 Å². The van der Waals surface area contributed by atoms with Crippen molar-refractivity contribution in [3.05, 3.63) is 65.7 Å². The third-order valence-electron chi connectivity index (χ3n) is 6.04. The first-order valence-corrected chi connectivity index (χ1v) is 12.6. The van der Waals surface area contributed by atoms with Gasteiger partial charge in [-0.05, 0) is 48.9 Å². The second-order valence-corrected chi connectivity index (χ2v) is 10.2. The molecule has 2 fully saturated rings. The Morgan fingerprint density at radius 1 is 0.871 bits per heavy atom. The minimum absolute atomic E-state index is 0.0982. The van der Waals surface area contributed by atoms with Crippen LogP contribution < -0.4 is 4.72 Å². The second-order valence-electron chi connectivity index (χ2n) is 8.50. The summed E-state index contributed by atoms with van der Waals surface area (Å²) in [5, 5.41) is 0. The second kappa shape index (κ2) is 9.94. The maximum Gasteiger partial charge on any atom is 0.240 e. The van der Waals surface area contributed by atoms with Crippen LogP contribution >= 0.6 is 0 Å². The molecule has 0 atom stereocenters. The van der Waals surface area contributed by atoms with Gasteiger partial charge in [0, 0.05) is 45.2 Å². The third kappa shape index (κ3) is 6.38. The maximum atomic E-state index is 12.6. The Morgan fingerprint density at radius 3 is 2.16 bits per heavy atom. The van der Waals surface area contributed by atoms with Crippen molar-refractivity contribution in [1.29, 1.82) is 0 Å². The first-order valence-electron chi connectivity index (χ1n) is 11.1. The smallest absolute Gasteiger partial charge is 0.240 e. The molecule has 166 valence electrons. The molecule has 0 radical (unpaired) electrons. The van der Waals surface area contributed by atoms with Crippen molar-refractivity contribution in [2.45, 2.75) is 43.0 Å². The lowest BCUT2D eigenvalue weighted by molar-refractivity contribution is -0.132. The highest BCUT2D eigenvalue weighted by atomic mass is 32.2. The zero-order valence-electron chi connectivity index (χ0n) is 17.9. The molecule has 1 N–H and O–H groups in total. The Kier molecular flexibility index (Phi) is 7.05. The molecule has 2 aromatic rings. The van der Waals surface area contributed by atoms with E-state index in [4.69, 9.17) is 0 Å².